The van der Waals surface area contributed by atoms with Gasteiger partial charge in [0.15, 0.2) is 0 Å². The number of carbonyl (C=O) groups is 1. The second kappa shape index (κ2) is 8.36. The zero-order chi connectivity index (χ0) is 15.9. The van der Waals surface area contributed by atoms with Gasteiger partial charge in [-0.15, -0.1) is 0 Å². The van der Waals surface area contributed by atoms with Gasteiger partial charge < -0.3 is 10.1 Å². The van der Waals surface area contributed by atoms with Gasteiger partial charge in [0.1, 0.15) is 6.61 Å². The maximum atomic E-state index is 11.5. The van der Waals surface area contributed by atoms with Gasteiger partial charge in [-0.1, -0.05) is 12.1 Å². The lowest BCUT2D eigenvalue weighted by molar-refractivity contribution is -0.126. The van der Waals surface area contributed by atoms with Crippen LogP contribution in [0.4, 0.5) is 0 Å². The number of carbonyl (C=O) groups excluding carboxylic acids is 1. The Morgan fingerprint density at radius 1 is 1.33 bits per heavy atom. The second-order valence-electron chi connectivity index (χ2n) is 4.73. The van der Waals surface area contributed by atoms with E-state index in [0.29, 0.717) is 6.61 Å². The molecule has 0 aliphatic rings. The molecule has 21 heavy (non-hydrogen) atoms. The van der Waals surface area contributed by atoms with Crippen molar-refractivity contribution in [2.45, 2.75) is 37.6 Å². The normalized spacial score (nSPS) is 12.9. The van der Waals surface area contributed by atoms with Crippen molar-refractivity contribution in [3.05, 3.63) is 29.8 Å². The molecule has 1 amide bonds. The highest BCUT2D eigenvalue weighted by Crippen LogP contribution is 2.16. The molecule has 1 aromatic rings. The monoisotopic (exact) mass is 333 g/mol. The van der Waals surface area contributed by atoms with Crippen LogP contribution in [-0.4, -0.2) is 33.6 Å². The van der Waals surface area contributed by atoms with E-state index in [2.05, 4.69) is 5.32 Å². The molecule has 5 nitrogen and oxygen atoms in total. The van der Waals surface area contributed by atoms with Crippen LogP contribution in [-0.2, 0) is 25.0 Å². The van der Waals surface area contributed by atoms with Crippen LogP contribution in [0.25, 0.3) is 0 Å². The summed E-state index contributed by atoms with van der Waals surface area (Å²) in [6.07, 6.45) is 1.49. The molecule has 7 heteroatoms. The van der Waals surface area contributed by atoms with Crippen LogP contribution in [0.5, 0.6) is 0 Å². The molecule has 1 atom stereocenters. The number of halogens is 1. The maximum absolute atomic E-state index is 11.5. The molecule has 0 aliphatic carbocycles. The smallest absolute Gasteiger partial charge is 0.261 e. The van der Waals surface area contributed by atoms with Gasteiger partial charge in [0.05, 0.1) is 4.90 Å². The van der Waals surface area contributed by atoms with Gasteiger partial charge in [-0.25, -0.2) is 8.42 Å². The van der Waals surface area contributed by atoms with Crippen LogP contribution in [0.3, 0.4) is 0 Å². The molecule has 0 bridgehead atoms. The van der Waals surface area contributed by atoms with Gasteiger partial charge in [0, 0.05) is 23.3 Å². The van der Waals surface area contributed by atoms with E-state index < -0.39 is 9.05 Å². The zero-order valence-electron chi connectivity index (χ0n) is 12.1. The summed E-state index contributed by atoms with van der Waals surface area (Å²) in [5, 5.41) is 2.84. The molecule has 1 rings (SSSR count). The van der Waals surface area contributed by atoms with Gasteiger partial charge in [-0.05, 0) is 44.4 Å². The number of rotatable bonds is 8. The number of aryl methyl sites for hydroxylation is 1. The highest BCUT2D eigenvalue weighted by molar-refractivity contribution is 8.13. The summed E-state index contributed by atoms with van der Waals surface area (Å²) in [7, 11) is 1.58. The lowest BCUT2D eigenvalue weighted by atomic mass is 10.1. The second-order valence-corrected chi connectivity index (χ2v) is 7.29. The number of hydrogen-bond donors (Lipinski definition) is 1. The quantitative estimate of drug-likeness (QED) is 0.739. The molecule has 0 fully saturated rings. The predicted molar refractivity (Wildman–Crippen MR) is 81.9 cm³/mol. The van der Waals surface area contributed by atoms with E-state index in [-0.39, 0.29) is 23.5 Å². The van der Waals surface area contributed by atoms with Gasteiger partial charge in [0.25, 0.3) is 9.05 Å². The van der Waals surface area contributed by atoms with Crippen molar-refractivity contribution in [1.82, 2.24) is 5.32 Å². The lowest BCUT2D eigenvalue weighted by Crippen LogP contribution is -2.35. The lowest BCUT2D eigenvalue weighted by Gasteiger charge is -2.13. The average Bonchev–Trinajstić information content (AvgIpc) is 2.42. The largest absolute Gasteiger partial charge is 0.372 e. The molecule has 0 aliphatic heterocycles. The zero-order valence-corrected chi connectivity index (χ0v) is 13.7. The molecule has 118 valence electrons. The summed E-state index contributed by atoms with van der Waals surface area (Å²) in [5.41, 5.74) is 0.991. The third kappa shape index (κ3) is 6.93. The van der Waals surface area contributed by atoms with Crippen molar-refractivity contribution in [2.24, 2.45) is 0 Å². The Hall–Kier alpha value is -1.11. The molecule has 0 saturated carbocycles. The predicted octanol–water partition coefficient (Wildman–Crippen LogP) is 2.09. The fourth-order valence-electron chi connectivity index (χ4n) is 1.79. The van der Waals surface area contributed by atoms with Gasteiger partial charge >= 0.3 is 0 Å². The molecule has 0 radical (unpaired) electrons. The number of ether oxygens (including phenoxy) is 1. The first-order chi connectivity index (χ1) is 9.82. The third-order valence-electron chi connectivity index (χ3n) is 2.92. The van der Waals surface area contributed by atoms with Crippen molar-refractivity contribution >= 4 is 25.6 Å². The summed E-state index contributed by atoms with van der Waals surface area (Å²) in [4.78, 5) is 11.6. The van der Waals surface area contributed by atoms with Gasteiger partial charge in [0.2, 0.25) is 5.91 Å². The summed E-state index contributed by atoms with van der Waals surface area (Å²) in [6.45, 7) is 4.34. The highest BCUT2D eigenvalue weighted by Gasteiger charge is 2.10. The topological polar surface area (TPSA) is 72.5 Å². The van der Waals surface area contributed by atoms with Crippen molar-refractivity contribution in [3.63, 3.8) is 0 Å². The minimum absolute atomic E-state index is 0.0226. The van der Waals surface area contributed by atoms with Gasteiger partial charge in [-0.2, -0.15) is 0 Å². The third-order valence-corrected chi connectivity index (χ3v) is 4.29. The standard InChI is InChI=1S/C14H20ClNO4S/c1-3-20-10-14(17)16-11(2)4-5-12-6-8-13(9-7-12)21(15,18)19/h6-9,11H,3-5,10H2,1-2H3,(H,16,17). The minimum atomic E-state index is -3.67. The van der Waals surface area contributed by atoms with Crippen molar-refractivity contribution in [3.8, 4) is 0 Å². The fraction of sp³-hybridized carbons (Fsp3) is 0.500. The highest BCUT2D eigenvalue weighted by atomic mass is 35.7. The van der Waals surface area contributed by atoms with E-state index in [1.807, 2.05) is 13.8 Å². The van der Waals surface area contributed by atoms with Crippen LogP contribution >= 0.6 is 10.7 Å². The molecule has 1 aromatic carbocycles. The fourth-order valence-corrected chi connectivity index (χ4v) is 2.56. The Labute approximate surface area is 130 Å². The number of hydrogen-bond acceptors (Lipinski definition) is 4. The molecule has 0 saturated heterocycles. The first-order valence-electron chi connectivity index (χ1n) is 6.73. The summed E-state index contributed by atoms with van der Waals surface area (Å²) in [5.74, 6) is -0.132. The Bertz CT molecular complexity index is 557. The average molecular weight is 334 g/mol. The van der Waals surface area contributed by atoms with E-state index in [1.165, 1.54) is 12.1 Å². The van der Waals surface area contributed by atoms with Gasteiger partial charge in [-0.3, -0.25) is 4.79 Å². The minimum Gasteiger partial charge on any atom is -0.372 e. The molecular weight excluding hydrogens is 314 g/mol. The van der Waals surface area contributed by atoms with Crippen LogP contribution in [0, 0.1) is 0 Å². The summed E-state index contributed by atoms with van der Waals surface area (Å²) >= 11 is 0. The van der Waals surface area contributed by atoms with Crippen molar-refractivity contribution in [2.75, 3.05) is 13.2 Å². The summed E-state index contributed by atoms with van der Waals surface area (Å²) < 4.78 is 27.3. The molecule has 1 unspecified atom stereocenters. The van der Waals surface area contributed by atoms with Crippen LogP contribution in [0.1, 0.15) is 25.8 Å². The molecule has 0 spiro atoms. The van der Waals surface area contributed by atoms with E-state index in [4.69, 9.17) is 15.4 Å². The van der Waals surface area contributed by atoms with E-state index in [0.717, 1.165) is 18.4 Å². The Balaban J connectivity index is 2.43. The first kappa shape index (κ1) is 17.9. The molecular formula is C14H20ClNO4S. The Morgan fingerprint density at radius 3 is 2.48 bits per heavy atom. The maximum Gasteiger partial charge on any atom is 0.261 e. The number of nitrogens with one attached hydrogen (secondary N) is 1. The number of amides is 1. The molecule has 1 N–H and O–H groups in total. The summed E-state index contributed by atoms with van der Waals surface area (Å²) in [6, 6.07) is 6.44. The SMILES string of the molecule is CCOCC(=O)NC(C)CCc1ccc(S(=O)(=O)Cl)cc1. The van der Waals surface area contributed by atoms with Crippen LogP contribution < -0.4 is 5.32 Å². The van der Waals surface area contributed by atoms with E-state index in [1.54, 1.807) is 12.1 Å². The van der Waals surface area contributed by atoms with Crippen molar-refractivity contribution < 1.29 is 17.9 Å². The van der Waals surface area contributed by atoms with Crippen molar-refractivity contribution in [1.29, 1.82) is 0 Å². The molecule has 0 aromatic heterocycles. The van der Waals surface area contributed by atoms with Crippen LogP contribution in [0.2, 0.25) is 0 Å². The Morgan fingerprint density at radius 2 is 1.95 bits per heavy atom. The number of benzene rings is 1. The molecule has 0 heterocycles. The Kier molecular flexibility index (Phi) is 7.14. The van der Waals surface area contributed by atoms with Crippen LogP contribution in [0.15, 0.2) is 29.2 Å². The van der Waals surface area contributed by atoms with E-state index >= 15 is 0 Å². The first-order valence-corrected chi connectivity index (χ1v) is 9.04. The van der Waals surface area contributed by atoms with E-state index in [9.17, 15) is 13.2 Å².